The van der Waals surface area contributed by atoms with Gasteiger partial charge in [0, 0.05) is 43.9 Å². The molecule has 3 rings (SSSR count). The van der Waals surface area contributed by atoms with Crippen LogP contribution in [0.2, 0.25) is 5.02 Å². The van der Waals surface area contributed by atoms with Crippen LogP contribution in [0.15, 0.2) is 54.6 Å². The molecule has 1 amide bonds. The first-order chi connectivity index (χ1) is 13.6. The number of anilines is 1. The Balaban J connectivity index is 1.40. The maximum absolute atomic E-state index is 12.6. The summed E-state index contributed by atoms with van der Waals surface area (Å²) in [6, 6.07) is 18.3. The molecule has 0 aromatic heterocycles. The molecule has 1 unspecified atom stereocenters. The maximum Gasteiger partial charge on any atom is 0.224 e. The molecule has 0 radical (unpaired) electrons. The fourth-order valence-corrected chi connectivity index (χ4v) is 3.96. The lowest BCUT2D eigenvalue weighted by Crippen LogP contribution is -2.43. The number of halogens is 1. The number of para-hydroxylation sites is 1. The number of piperidine rings is 1. The van der Waals surface area contributed by atoms with Crippen LogP contribution in [0, 0.1) is 5.92 Å². The molecule has 2 aromatic rings. The molecule has 1 aliphatic rings. The third-order valence-corrected chi connectivity index (χ3v) is 5.76. The Labute approximate surface area is 173 Å². The van der Waals surface area contributed by atoms with Gasteiger partial charge in [-0.2, -0.15) is 0 Å². The van der Waals surface area contributed by atoms with Crippen molar-refractivity contribution >= 4 is 23.2 Å². The zero-order valence-corrected chi connectivity index (χ0v) is 17.4. The lowest BCUT2D eigenvalue weighted by Gasteiger charge is -2.32. The number of nitrogens with zero attached hydrogens (tertiary/aromatic N) is 2. The van der Waals surface area contributed by atoms with Crippen LogP contribution in [-0.4, -0.2) is 44.0 Å². The van der Waals surface area contributed by atoms with E-state index in [1.165, 1.54) is 5.69 Å². The Kier molecular flexibility index (Phi) is 7.75. The van der Waals surface area contributed by atoms with E-state index in [-0.39, 0.29) is 11.8 Å². The van der Waals surface area contributed by atoms with E-state index in [1.807, 2.05) is 36.4 Å². The van der Waals surface area contributed by atoms with Crippen molar-refractivity contribution < 1.29 is 4.79 Å². The van der Waals surface area contributed by atoms with Crippen LogP contribution >= 0.6 is 11.6 Å². The first kappa shape index (κ1) is 20.7. The third-order valence-electron chi connectivity index (χ3n) is 5.39. The molecule has 0 saturated carbocycles. The average Bonchev–Trinajstić information content (AvgIpc) is 2.73. The molecule has 5 heteroatoms. The Bertz CT molecular complexity index is 753. The maximum atomic E-state index is 12.6. The summed E-state index contributed by atoms with van der Waals surface area (Å²) in [7, 11) is 2.09. The lowest BCUT2D eigenvalue weighted by atomic mass is 9.96. The van der Waals surface area contributed by atoms with Gasteiger partial charge < -0.3 is 10.2 Å². The number of carbonyl (C=O) groups excluding carboxylic acids is 1. The molecule has 1 aliphatic heterocycles. The highest BCUT2D eigenvalue weighted by molar-refractivity contribution is 6.31. The van der Waals surface area contributed by atoms with E-state index in [0.29, 0.717) is 0 Å². The molecule has 4 nitrogen and oxygen atoms in total. The summed E-state index contributed by atoms with van der Waals surface area (Å²) in [4.78, 5) is 17.2. The van der Waals surface area contributed by atoms with E-state index in [9.17, 15) is 4.79 Å². The standard InChI is InChI=1S/C23H30ClN3O/c1-26(21-11-3-2-4-12-21)15-8-14-25-23(28)20-10-7-16-27(18-20)17-19-9-5-6-13-22(19)24/h2-6,9,11-13,20H,7-8,10,14-18H2,1H3,(H,25,28). The summed E-state index contributed by atoms with van der Waals surface area (Å²) in [5.74, 6) is 0.259. The molecule has 1 N–H and O–H groups in total. The largest absolute Gasteiger partial charge is 0.375 e. The first-order valence-corrected chi connectivity index (χ1v) is 10.5. The van der Waals surface area contributed by atoms with Crippen LogP contribution in [0.1, 0.15) is 24.8 Å². The minimum Gasteiger partial charge on any atom is -0.375 e. The number of likely N-dealkylation sites (tertiary alicyclic amines) is 1. The molecule has 0 spiro atoms. The van der Waals surface area contributed by atoms with Gasteiger partial charge in [-0.05, 0) is 49.6 Å². The van der Waals surface area contributed by atoms with E-state index in [1.54, 1.807) is 0 Å². The normalized spacial score (nSPS) is 17.3. The molecule has 1 fully saturated rings. The molecule has 2 aromatic carbocycles. The molecule has 1 saturated heterocycles. The Morgan fingerprint density at radius 1 is 1.18 bits per heavy atom. The van der Waals surface area contributed by atoms with E-state index in [2.05, 4.69) is 40.4 Å². The van der Waals surface area contributed by atoms with Crippen molar-refractivity contribution in [1.82, 2.24) is 10.2 Å². The van der Waals surface area contributed by atoms with Gasteiger partial charge in [-0.25, -0.2) is 0 Å². The van der Waals surface area contributed by atoms with Crippen molar-refractivity contribution in [3.8, 4) is 0 Å². The van der Waals surface area contributed by atoms with Crippen molar-refractivity contribution in [2.75, 3.05) is 38.1 Å². The van der Waals surface area contributed by atoms with Crippen molar-refractivity contribution in [3.63, 3.8) is 0 Å². The van der Waals surface area contributed by atoms with Crippen molar-refractivity contribution in [2.24, 2.45) is 5.92 Å². The number of hydrogen-bond donors (Lipinski definition) is 1. The Morgan fingerprint density at radius 2 is 1.93 bits per heavy atom. The second-order valence-electron chi connectivity index (χ2n) is 7.57. The van der Waals surface area contributed by atoms with Crippen LogP contribution in [0.25, 0.3) is 0 Å². The summed E-state index contributed by atoms with van der Waals surface area (Å²) in [6.45, 7) is 4.29. The van der Waals surface area contributed by atoms with Gasteiger partial charge in [-0.3, -0.25) is 9.69 Å². The Morgan fingerprint density at radius 3 is 2.71 bits per heavy atom. The van der Waals surface area contributed by atoms with Crippen LogP contribution in [0.3, 0.4) is 0 Å². The summed E-state index contributed by atoms with van der Waals surface area (Å²) in [5, 5.41) is 3.94. The van der Waals surface area contributed by atoms with Gasteiger partial charge in [-0.15, -0.1) is 0 Å². The fraction of sp³-hybridized carbons (Fsp3) is 0.435. The fourth-order valence-electron chi connectivity index (χ4n) is 3.76. The number of hydrogen-bond acceptors (Lipinski definition) is 3. The zero-order valence-electron chi connectivity index (χ0n) is 16.6. The summed E-state index contributed by atoms with van der Waals surface area (Å²) in [5.41, 5.74) is 2.34. The molecule has 28 heavy (non-hydrogen) atoms. The minimum absolute atomic E-state index is 0.0723. The lowest BCUT2D eigenvalue weighted by molar-refractivity contribution is -0.126. The van der Waals surface area contributed by atoms with Crippen LogP contribution in [0.4, 0.5) is 5.69 Å². The topological polar surface area (TPSA) is 35.6 Å². The minimum atomic E-state index is 0.0723. The van der Waals surface area contributed by atoms with Crippen molar-refractivity contribution in [3.05, 3.63) is 65.2 Å². The predicted octanol–water partition coefficient (Wildman–Crippen LogP) is 4.19. The number of rotatable bonds is 8. The summed E-state index contributed by atoms with van der Waals surface area (Å²) >= 11 is 6.29. The molecular weight excluding hydrogens is 370 g/mol. The van der Waals surface area contributed by atoms with Crippen molar-refractivity contribution in [1.29, 1.82) is 0 Å². The number of amides is 1. The second-order valence-corrected chi connectivity index (χ2v) is 7.97. The number of carbonyl (C=O) groups is 1. The predicted molar refractivity (Wildman–Crippen MR) is 117 cm³/mol. The smallest absolute Gasteiger partial charge is 0.224 e. The van der Waals surface area contributed by atoms with E-state index >= 15 is 0 Å². The van der Waals surface area contributed by atoms with Gasteiger partial charge in [-0.1, -0.05) is 48.0 Å². The number of benzene rings is 2. The highest BCUT2D eigenvalue weighted by atomic mass is 35.5. The molecule has 1 heterocycles. The molecule has 1 atom stereocenters. The van der Waals surface area contributed by atoms with Crippen LogP contribution in [0.5, 0.6) is 0 Å². The average molecular weight is 400 g/mol. The Hall–Kier alpha value is -2.04. The SMILES string of the molecule is CN(CCCNC(=O)C1CCCN(Cc2ccccc2Cl)C1)c1ccccc1. The van der Waals surface area contributed by atoms with Gasteiger partial charge in [0.15, 0.2) is 0 Å². The molecular formula is C23H30ClN3O. The van der Waals surface area contributed by atoms with E-state index in [4.69, 9.17) is 11.6 Å². The monoisotopic (exact) mass is 399 g/mol. The third kappa shape index (κ3) is 5.98. The highest BCUT2D eigenvalue weighted by Crippen LogP contribution is 2.22. The first-order valence-electron chi connectivity index (χ1n) is 10.1. The molecule has 150 valence electrons. The summed E-state index contributed by atoms with van der Waals surface area (Å²) < 4.78 is 0. The van der Waals surface area contributed by atoms with Gasteiger partial charge in [0.05, 0.1) is 5.92 Å². The van der Waals surface area contributed by atoms with E-state index in [0.717, 1.165) is 62.6 Å². The van der Waals surface area contributed by atoms with Crippen LogP contribution in [-0.2, 0) is 11.3 Å². The zero-order chi connectivity index (χ0) is 19.8. The quantitative estimate of drug-likeness (QED) is 0.676. The van der Waals surface area contributed by atoms with Crippen LogP contribution < -0.4 is 10.2 Å². The number of nitrogens with one attached hydrogen (secondary N) is 1. The molecule has 0 aliphatic carbocycles. The van der Waals surface area contributed by atoms with Gasteiger partial charge in [0.2, 0.25) is 5.91 Å². The molecule has 0 bridgehead atoms. The van der Waals surface area contributed by atoms with Gasteiger partial charge in [0.25, 0.3) is 0 Å². The summed E-state index contributed by atoms with van der Waals surface area (Å²) in [6.07, 6.45) is 2.96. The van der Waals surface area contributed by atoms with Gasteiger partial charge in [0.1, 0.15) is 0 Å². The van der Waals surface area contributed by atoms with E-state index < -0.39 is 0 Å². The highest BCUT2D eigenvalue weighted by Gasteiger charge is 2.25. The van der Waals surface area contributed by atoms with Crippen molar-refractivity contribution in [2.45, 2.75) is 25.8 Å². The second kappa shape index (κ2) is 10.5. The van der Waals surface area contributed by atoms with Gasteiger partial charge >= 0.3 is 0 Å².